The Morgan fingerprint density at radius 3 is 2.54 bits per heavy atom. The van der Waals surface area contributed by atoms with Gasteiger partial charge in [-0.2, -0.15) is 0 Å². The molecule has 0 bridgehead atoms. The van der Waals surface area contributed by atoms with Gasteiger partial charge in [0.25, 0.3) is 5.91 Å². The second kappa shape index (κ2) is 7.11. The quantitative estimate of drug-likeness (QED) is 0.821. The van der Waals surface area contributed by atoms with Crippen LogP contribution in [0, 0.1) is 0 Å². The smallest absolute Gasteiger partial charge is 0.335 e. The number of ether oxygens (including phenoxy) is 1. The van der Waals surface area contributed by atoms with Crippen molar-refractivity contribution < 1.29 is 19.1 Å². The summed E-state index contributed by atoms with van der Waals surface area (Å²) < 4.78 is 5.60. The van der Waals surface area contributed by atoms with Gasteiger partial charge >= 0.3 is 5.97 Å². The molecule has 0 aromatic heterocycles. The number of amides is 2. The number of rotatable bonds is 3. The molecular formula is C19H21ClN2O4. The molecule has 6 nitrogen and oxygen atoms in total. The van der Waals surface area contributed by atoms with Crippen molar-refractivity contribution in [1.82, 2.24) is 10.2 Å². The van der Waals surface area contributed by atoms with Crippen LogP contribution in [-0.4, -0.2) is 41.4 Å². The van der Waals surface area contributed by atoms with Crippen LogP contribution >= 0.6 is 11.6 Å². The van der Waals surface area contributed by atoms with Gasteiger partial charge < -0.3 is 15.0 Å². The second-order valence-electron chi connectivity index (χ2n) is 6.66. The number of carbonyl (C=O) groups is 3. The molecule has 0 saturated carbocycles. The van der Waals surface area contributed by atoms with Gasteiger partial charge in [-0.25, -0.2) is 4.79 Å². The summed E-state index contributed by atoms with van der Waals surface area (Å²) in [5, 5.41) is 3.42. The minimum Gasteiger partial charge on any atom is -0.450 e. The minimum atomic E-state index is -0.947. The Morgan fingerprint density at radius 2 is 1.92 bits per heavy atom. The number of piperidine rings is 1. The summed E-state index contributed by atoms with van der Waals surface area (Å²) in [5.74, 6) is -0.816. The first-order valence-electron chi connectivity index (χ1n) is 8.56. The molecule has 0 atom stereocenters. The molecule has 1 spiro atoms. The Balaban J connectivity index is 1.77. The number of carbonyl (C=O) groups excluding carboxylic acids is 3. The van der Waals surface area contributed by atoms with Crippen LogP contribution in [-0.2, 0) is 25.7 Å². The Kier molecular flexibility index (Phi) is 5.05. The van der Waals surface area contributed by atoms with Crippen LogP contribution in [0.2, 0.25) is 5.02 Å². The monoisotopic (exact) mass is 376 g/mol. The standard InChI is InChI=1S/C19H21ClN2O4/c1-12-16(17(24)21-11-14-5-3-4-6-15(14)20)19(26-18(12)25)7-9-22(10-8-19)13(2)23/h3-6H,7-11H2,1-2H3,(H,21,24). The fourth-order valence-corrected chi connectivity index (χ4v) is 3.77. The average molecular weight is 377 g/mol. The van der Waals surface area contributed by atoms with E-state index in [1.54, 1.807) is 17.9 Å². The summed E-state index contributed by atoms with van der Waals surface area (Å²) in [6, 6.07) is 7.26. The van der Waals surface area contributed by atoms with Crippen molar-refractivity contribution in [1.29, 1.82) is 0 Å². The molecule has 26 heavy (non-hydrogen) atoms. The van der Waals surface area contributed by atoms with Gasteiger partial charge in [0.2, 0.25) is 5.91 Å². The van der Waals surface area contributed by atoms with E-state index in [0.29, 0.717) is 42.1 Å². The van der Waals surface area contributed by atoms with E-state index in [4.69, 9.17) is 16.3 Å². The molecule has 2 aliphatic heterocycles. The summed E-state index contributed by atoms with van der Waals surface area (Å²) in [4.78, 5) is 38.2. The Labute approximate surface area is 157 Å². The molecule has 138 valence electrons. The minimum absolute atomic E-state index is 0.0189. The normalized spacial score (nSPS) is 18.9. The second-order valence-corrected chi connectivity index (χ2v) is 7.07. The molecule has 1 saturated heterocycles. The van der Waals surface area contributed by atoms with Gasteiger partial charge in [0, 0.05) is 50.0 Å². The van der Waals surface area contributed by atoms with Crippen molar-refractivity contribution in [3.05, 3.63) is 46.0 Å². The lowest BCUT2D eigenvalue weighted by atomic mass is 9.82. The lowest BCUT2D eigenvalue weighted by Gasteiger charge is -2.39. The first-order valence-corrected chi connectivity index (χ1v) is 8.94. The van der Waals surface area contributed by atoms with Crippen LogP contribution in [0.15, 0.2) is 35.4 Å². The van der Waals surface area contributed by atoms with E-state index < -0.39 is 11.6 Å². The highest BCUT2D eigenvalue weighted by Crippen LogP contribution is 2.41. The van der Waals surface area contributed by atoms with Gasteiger partial charge in [-0.15, -0.1) is 0 Å². The maximum absolute atomic E-state index is 12.8. The van der Waals surface area contributed by atoms with Gasteiger partial charge in [-0.1, -0.05) is 29.8 Å². The molecule has 1 fully saturated rings. The predicted octanol–water partition coefficient (Wildman–Crippen LogP) is 2.21. The zero-order chi connectivity index (χ0) is 18.9. The Morgan fingerprint density at radius 1 is 1.27 bits per heavy atom. The van der Waals surface area contributed by atoms with Crippen molar-refractivity contribution in [2.45, 2.75) is 38.8 Å². The summed E-state index contributed by atoms with van der Waals surface area (Å²) in [5.41, 5.74) is 0.555. The molecule has 2 aliphatic rings. The van der Waals surface area contributed by atoms with Crippen molar-refractivity contribution >= 4 is 29.4 Å². The van der Waals surface area contributed by atoms with E-state index in [-0.39, 0.29) is 18.4 Å². The molecule has 1 aromatic carbocycles. The van der Waals surface area contributed by atoms with Crippen molar-refractivity contribution in [3.8, 4) is 0 Å². The van der Waals surface area contributed by atoms with Crippen LogP contribution < -0.4 is 5.32 Å². The molecular weight excluding hydrogens is 356 g/mol. The average Bonchev–Trinajstić information content (AvgIpc) is 2.84. The third-order valence-electron chi connectivity index (χ3n) is 5.07. The summed E-state index contributed by atoms with van der Waals surface area (Å²) in [7, 11) is 0. The highest BCUT2D eigenvalue weighted by Gasteiger charge is 2.51. The lowest BCUT2D eigenvalue weighted by molar-refractivity contribution is -0.152. The molecule has 0 aliphatic carbocycles. The molecule has 2 amide bonds. The van der Waals surface area contributed by atoms with Crippen LogP contribution in [0.4, 0.5) is 0 Å². The Bertz CT molecular complexity index is 794. The number of nitrogens with one attached hydrogen (secondary N) is 1. The number of halogens is 1. The van der Waals surface area contributed by atoms with Crippen molar-refractivity contribution in [3.63, 3.8) is 0 Å². The first-order chi connectivity index (χ1) is 12.3. The number of hydrogen-bond donors (Lipinski definition) is 1. The van der Waals surface area contributed by atoms with Gasteiger partial charge in [0.05, 0.1) is 5.57 Å². The SMILES string of the molecule is CC(=O)N1CCC2(CC1)OC(=O)C(C)=C2C(=O)NCc1ccccc1Cl. The predicted molar refractivity (Wildman–Crippen MR) is 96.3 cm³/mol. The van der Waals surface area contributed by atoms with Crippen molar-refractivity contribution in [2.24, 2.45) is 0 Å². The number of hydrogen-bond acceptors (Lipinski definition) is 4. The van der Waals surface area contributed by atoms with Gasteiger partial charge in [0.15, 0.2) is 0 Å². The Hall–Kier alpha value is -2.34. The van der Waals surface area contributed by atoms with Crippen LogP contribution in [0.5, 0.6) is 0 Å². The molecule has 0 radical (unpaired) electrons. The molecule has 1 aromatic rings. The molecule has 3 rings (SSSR count). The maximum Gasteiger partial charge on any atom is 0.335 e. The molecule has 1 N–H and O–H groups in total. The summed E-state index contributed by atoms with van der Waals surface area (Å²) >= 11 is 6.13. The molecule has 2 heterocycles. The highest BCUT2D eigenvalue weighted by molar-refractivity contribution is 6.31. The number of benzene rings is 1. The van der Waals surface area contributed by atoms with Crippen LogP contribution in [0.1, 0.15) is 32.3 Å². The first kappa shape index (κ1) is 18.5. The van der Waals surface area contributed by atoms with Crippen molar-refractivity contribution in [2.75, 3.05) is 13.1 Å². The number of likely N-dealkylation sites (tertiary alicyclic amines) is 1. The zero-order valence-corrected chi connectivity index (χ0v) is 15.6. The fraction of sp³-hybridized carbons (Fsp3) is 0.421. The molecule has 7 heteroatoms. The largest absolute Gasteiger partial charge is 0.450 e. The third kappa shape index (κ3) is 3.33. The number of esters is 1. The van der Waals surface area contributed by atoms with Crippen LogP contribution in [0.25, 0.3) is 0 Å². The topological polar surface area (TPSA) is 75.7 Å². The van der Waals surface area contributed by atoms with Gasteiger partial charge in [-0.3, -0.25) is 9.59 Å². The molecule has 0 unspecified atom stereocenters. The van der Waals surface area contributed by atoms with Crippen LogP contribution in [0.3, 0.4) is 0 Å². The van der Waals surface area contributed by atoms with Gasteiger partial charge in [0.1, 0.15) is 5.60 Å². The lowest BCUT2D eigenvalue weighted by Crippen LogP contribution is -2.49. The third-order valence-corrected chi connectivity index (χ3v) is 5.43. The van der Waals surface area contributed by atoms with E-state index in [9.17, 15) is 14.4 Å². The highest BCUT2D eigenvalue weighted by atomic mass is 35.5. The van der Waals surface area contributed by atoms with E-state index in [1.807, 2.05) is 18.2 Å². The number of nitrogens with zero attached hydrogens (tertiary/aromatic N) is 1. The maximum atomic E-state index is 12.8. The summed E-state index contributed by atoms with van der Waals surface area (Å²) in [6.45, 7) is 4.29. The van der Waals surface area contributed by atoms with E-state index in [0.717, 1.165) is 5.56 Å². The van der Waals surface area contributed by atoms with Gasteiger partial charge in [-0.05, 0) is 18.6 Å². The fourth-order valence-electron chi connectivity index (χ4n) is 3.57. The van der Waals surface area contributed by atoms with E-state index >= 15 is 0 Å². The summed E-state index contributed by atoms with van der Waals surface area (Å²) in [6.07, 6.45) is 0.842. The zero-order valence-electron chi connectivity index (χ0n) is 14.8. The van der Waals surface area contributed by atoms with E-state index in [2.05, 4.69) is 5.32 Å². The van der Waals surface area contributed by atoms with E-state index in [1.165, 1.54) is 6.92 Å².